The summed E-state index contributed by atoms with van der Waals surface area (Å²) >= 11 is 0. The van der Waals surface area contributed by atoms with Crippen LogP contribution in [0.3, 0.4) is 0 Å². The minimum atomic E-state index is -0.420. The number of allylic oxidation sites excluding steroid dienone is 1. The first-order chi connectivity index (χ1) is 15.5. The SMILES string of the molecule is CCc1cc2n(n1)C(c1ccc(O)cc1)C(C(=O)Nc1ccc3cnccc3c1)=C(C)N2. The van der Waals surface area contributed by atoms with Crippen LogP contribution in [0.2, 0.25) is 0 Å². The molecule has 1 amide bonds. The van der Waals surface area contributed by atoms with Gasteiger partial charge in [-0.05, 0) is 54.6 Å². The minimum Gasteiger partial charge on any atom is -0.508 e. The van der Waals surface area contributed by atoms with E-state index in [2.05, 4.69) is 15.6 Å². The normalized spacial score (nSPS) is 15.4. The van der Waals surface area contributed by atoms with Crippen LogP contribution in [-0.2, 0) is 11.2 Å². The number of carbonyl (C=O) groups excluding carboxylic acids is 1. The molecule has 2 aromatic carbocycles. The van der Waals surface area contributed by atoms with E-state index < -0.39 is 6.04 Å². The number of rotatable bonds is 4. The van der Waals surface area contributed by atoms with Crippen molar-refractivity contribution in [2.75, 3.05) is 10.6 Å². The van der Waals surface area contributed by atoms with Crippen molar-refractivity contribution in [3.63, 3.8) is 0 Å². The van der Waals surface area contributed by atoms with E-state index in [-0.39, 0.29) is 11.7 Å². The number of hydrogen-bond donors (Lipinski definition) is 3. The monoisotopic (exact) mass is 425 g/mol. The van der Waals surface area contributed by atoms with Crippen LogP contribution >= 0.6 is 0 Å². The molecule has 1 aliphatic rings. The van der Waals surface area contributed by atoms with E-state index in [1.165, 1.54) is 0 Å². The summed E-state index contributed by atoms with van der Waals surface area (Å²) in [5.74, 6) is 0.808. The highest BCUT2D eigenvalue weighted by Crippen LogP contribution is 2.37. The highest BCUT2D eigenvalue weighted by molar-refractivity contribution is 6.06. The standard InChI is InChI=1S/C25H23N5O2/c1-3-19-13-22-27-15(2)23(24(30(22)29-19)16-5-8-21(31)9-6-16)25(32)28-20-7-4-18-14-26-11-10-17(18)12-20/h4-14,24,27,31H,3H2,1-2H3,(H,28,32). The van der Waals surface area contributed by atoms with Gasteiger partial charge in [-0.2, -0.15) is 5.10 Å². The maximum atomic E-state index is 13.5. The summed E-state index contributed by atoms with van der Waals surface area (Å²) in [5, 5.41) is 22.9. The zero-order valence-corrected chi connectivity index (χ0v) is 17.8. The zero-order chi connectivity index (χ0) is 22.2. The molecule has 0 spiro atoms. The molecule has 0 fully saturated rings. The van der Waals surface area contributed by atoms with E-state index >= 15 is 0 Å². The van der Waals surface area contributed by atoms with E-state index in [0.29, 0.717) is 11.3 Å². The number of nitrogens with zero attached hydrogens (tertiary/aromatic N) is 3. The van der Waals surface area contributed by atoms with E-state index in [1.807, 2.05) is 61.0 Å². The molecule has 0 saturated heterocycles. The number of fused-ring (bicyclic) bond motifs is 2. The predicted octanol–water partition coefficient (Wildman–Crippen LogP) is 4.63. The van der Waals surface area contributed by atoms with Gasteiger partial charge in [-0.25, -0.2) is 4.68 Å². The lowest BCUT2D eigenvalue weighted by Gasteiger charge is -2.29. The van der Waals surface area contributed by atoms with Crippen molar-refractivity contribution in [2.45, 2.75) is 26.3 Å². The summed E-state index contributed by atoms with van der Waals surface area (Å²) in [5.41, 5.74) is 3.85. The lowest BCUT2D eigenvalue weighted by molar-refractivity contribution is -0.113. The third-order valence-electron chi connectivity index (χ3n) is 5.74. The molecule has 7 nitrogen and oxygen atoms in total. The summed E-state index contributed by atoms with van der Waals surface area (Å²) in [7, 11) is 0. The molecule has 160 valence electrons. The Morgan fingerprint density at radius 3 is 2.72 bits per heavy atom. The average Bonchev–Trinajstić information content (AvgIpc) is 3.21. The minimum absolute atomic E-state index is 0.176. The maximum absolute atomic E-state index is 13.5. The summed E-state index contributed by atoms with van der Waals surface area (Å²) in [6.45, 7) is 3.95. The average molecular weight is 425 g/mol. The fourth-order valence-corrected chi connectivity index (χ4v) is 4.11. The molecule has 0 radical (unpaired) electrons. The van der Waals surface area contributed by atoms with Crippen LogP contribution in [-0.4, -0.2) is 25.8 Å². The predicted molar refractivity (Wildman–Crippen MR) is 125 cm³/mol. The zero-order valence-electron chi connectivity index (χ0n) is 17.8. The molecule has 3 heterocycles. The van der Waals surface area contributed by atoms with Crippen LogP contribution in [0.4, 0.5) is 11.5 Å². The van der Waals surface area contributed by atoms with Gasteiger partial charge in [0.2, 0.25) is 0 Å². The van der Waals surface area contributed by atoms with Crippen LogP contribution in [0.5, 0.6) is 5.75 Å². The van der Waals surface area contributed by atoms with Crippen molar-refractivity contribution < 1.29 is 9.90 Å². The number of carbonyl (C=O) groups is 1. The quantitative estimate of drug-likeness (QED) is 0.443. The van der Waals surface area contributed by atoms with E-state index in [9.17, 15) is 9.90 Å². The highest BCUT2D eigenvalue weighted by Gasteiger charge is 2.33. The van der Waals surface area contributed by atoms with Gasteiger partial charge < -0.3 is 15.7 Å². The van der Waals surface area contributed by atoms with E-state index in [4.69, 9.17) is 5.10 Å². The topological polar surface area (TPSA) is 92.1 Å². The molecule has 0 bridgehead atoms. The second kappa shape index (κ2) is 7.85. The Morgan fingerprint density at radius 2 is 1.94 bits per heavy atom. The van der Waals surface area contributed by atoms with Gasteiger partial charge in [-0.15, -0.1) is 0 Å². The van der Waals surface area contributed by atoms with Gasteiger partial charge in [0.1, 0.15) is 17.6 Å². The van der Waals surface area contributed by atoms with Crippen LogP contribution < -0.4 is 10.6 Å². The highest BCUT2D eigenvalue weighted by atomic mass is 16.3. The molecule has 1 aliphatic heterocycles. The van der Waals surface area contributed by atoms with Gasteiger partial charge in [0, 0.05) is 35.2 Å². The number of aromatic nitrogens is 3. The number of anilines is 2. The van der Waals surface area contributed by atoms with Crippen LogP contribution in [0.15, 0.2) is 78.3 Å². The molecule has 0 aliphatic carbocycles. The third-order valence-corrected chi connectivity index (χ3v) is 5.74. The van der Waals surface area contributed by atoms with Gasteiger partial charge in [-0.3, -0.25) is 9.78 Å². The number of phenolic OH excluding ortho intramolecular Hbond substituents is 1. The van der Waals surface area contributed by atoms with E-state index in [1.54, 1.807) is 24.5 Å². The van der Waals surface area contributed by atoms with Crippen LogP contribution in [0.1, 0.15) is 31.1 Å². The second-order valence-electron chi connectivity index (χ2n) is 7.87. The molecular weight excluding hydrogens is 402 g/mol. The number of hydrogen-bond acceptors (Lipinski definition) is 5. The van der Waals surface area contributed by atoms with Crippen molar-refractivity contribution in [2.24, 2.45) is 0 Å². The Bertz CT molecular complexity index is 1350. The third kappa shape index (κ3) is 3.47. The van der Waals surface area contributed by atoms with Crippen LogP contribution in [0, 0.1) is 0 Å². The first-order valence-corrected chi connectivity index (χ1v) is 10.5. The molecule has 2 aromatic heterocycles. The molecule has 4 aromatic rings. The number of nitrogens with one attached hydrogen (secondary N) is 2. The summed E-state index contributed by atoms with van der Waals surface area (Å²) in [6.07, 6.45) is 4.32. The fraction of sp³-hybridized carbons (Fsp3) is 0.160. The Labute approximate surface area is 185 Å². The molecule has 0 saturated carbocycles. The first-order valence-electron chi connectivity index (χ1n) is 10.5. The summed E-state index contributed by atoms with van der Waals surface area (Å²) in [4.78, 5) is 17.7. The summed E-state index contributed by atoms with van der Waals surface area (Å²) < 4.78 is 1.85. The fourth-order valence-electron chi connectivity index (χ4n) is 4.11. The molecule has 32 heavy (non-hydrogen) atoms. The van der Waals surface area contributed by atoms with Crippen molar-refractivity contribution in [1.82, 2.24) is 14.8 Å². The lowest BCUT2D eigenvalue weighted by atomic mass is 9.94. The smallest absolute Gasteiger partial charge is 0.255 e. The molecule has 3 N–H and O–H groups in total. The van der Waals surface area contributed by atoms with Crippen molar-refractivity contribution >= 4 is 28.2 Å². The number of aromatic hydroxyl groups is 1. The number of aryl methyl sites for hydroxylation is 1. The van der Waals surface area contributed by atoms with Gasteiger partial charge >= 0.3 is 0 Å². The lowest BCUT2D eigenvalue weighted by Crippen LogP contribution is -2.31. The van der Waals surface area contributed by atoms with Gasteiger partial charge in [0.15, 0.2) is 0 Å². The van der Waals surface area contributed by atoms with Crippen LogP contribution in [0.25, 0.3) is 10.8 Å². The Kier molecular flexibility index (Phi) is 4.86. The Balaban J connectivity index is 1.55. The molecule has 7 heteroatoms. The number of phenols is 1. The summed E-state index contributed by atoms with van der Waals surface area (Å²) in [6, 6.07) is 16.2. The van der Waals surface area contributed by atoms with Crippen molar-refractivity contribution in [3.05, 3.63) is 89.5 Å². The Morgan fingerprint density at radius 1 is 1.12 bits per heavy atom. The van der Waals surface area contributed by atoms with Crippen molar-refractivity contribution in [1.29, 1.82) is 0 Å². The van der Waals surface area contributed by atoms with Gasteiger partial charge in [0.25, 0.3) is 5.91 Å². The largest absolute Gasteiger partial charge is 0.508 e. The number of pyridine rings is 1. The van der Waals surface area contributed by atoms with Gasteiger partial charge in [-0.1, -0.05) is 25.1 Å². The Hall–Kier alpha value is -4.13. The maximum Gasteiger partial charge on any atom is 0.255 e. The molecule has 1 unspecified atom stereocenters. The number of amides is 1. The second-order valence-corrected chi connectivity index (χ2v) is 7.87. The molecule has 1 atom stereocenters. The molecule has 5 rings (SSSR count). The molecular formula is C25H23N5O2. The first kappa shape index (κ1) is 19.8. The number of benzene rings is 2. The van der Waals surface area contributed by atoms with Gasteiger partial charge in [0.05, 0.1) is 11.3 Å². The van der Waals surface area contributed by atoms with Crippen molar-refractivity contribution in [3.8, 4) is 5.75 Å². The van der Waals surface area contributed by atoms with E-state index in [0.717, 1.165) is 40.0 Å².